The molecule has 0 saturated heterocycles. The SMILES string of the molecule is O=S(=O)(CCCCO)NCc1cc(Br)cc2c1OCC2. The van der Waals surface area contributed by atoms with Gasteiger partial charge in [0.1, 0.15) is 5.75 Å². The van der Waals surface area contributed by atoms with Crippen molar-refractivity contribution in [1.82, 2.24) is 4.72 Å². The highest BCUT2D eigenvalue weighted by Gasteiger charge is 2.19. The molecule has 1 aliphatic rings. The molecule has 0 radical (unpaired) electrons. The minimum atomic E-state index is -3.31. The average molecular weight is 364 g/mol. The molecule has 0 bridgehead atoms. The van der Waals surface area contributed by atoms with Crippen molar-refractivity contribution >= 4 is 26.0 Å². The van der Waals surface area contributed by atoms with Gasteiger partial charge < -0.3 is 9.84 Å². The molecule has 0 amide bonds. The van der Waals surface area contributed by atoms with E-state index in [1.807, 2.05) is 12.1 Å². The van der Waals surface area contributed by atoms with Crippen molar-refractivity contribution in [3.05, 3.63) is 27.7 Å². The maximum Gasteiger partial charge on any atom is 0.211 e. The number of unbranched alkanes of at least 4 members (excludes halogenated alkanes) is 1. The summed E-state index contributed by atoms with van der Waals surface area (Å²) in [5, 5.41) is 8.67. The Morgan fingerprint density at radius 2 is 2.15 bits per heavy atom. The van der Waals surface area contributed by atoms with Crippen molar-refractivity contribution in [1.29, 1.82) is 0 Å². The van der Waals surface area contributed by atoms with Crippen molar-refractivity contribution in [3.8, 4) is 5.75 Å². The Labute approximate surface area is 127 Å². The molecule has 1 aliphatic heterocycles. The first-order valence-electron chi connectivity index (χ1n) is 6.54. The molecule has 0 aromatic heterocycles. The number of hydrogen-bond acceptors (Lipinski definition) is 4. The van der Waals surface area contributed by atoms with Gasteiger partial charge in [-0.25, -0.2) is 13.1 Å². The Bertz CT molecular complexity index is 574. The van der Waals surface area contributed by atoms with Gasteiger partial charge in [-0.05, 0) is 30.5 Å². The first-order valence-corrected chi connectivity index (χ1v) is 8.98. The van der Waals surface area contributed by atoms with Gasteiger partial charge in [0.2, 0.25) is 10.0 Å². The van der Waals surface area contributed by atoms with Gasteiger partial charge in [0.25, 0.3) is 0 Å². The van der Waals surface area contributed by atoms with Crippen LogP contribution in [0.2, 0.25) is 0 Å². The molecule has 5 nitrogen and oxygen atoms in total. The van der Waals surface area contributed by atoms with Crippen LogP contribution in [0.15, 0.2) is 16.6 Å². The van der Waals surface area contributed by atoms with Gasteiger partial charge in [0.05, 0.1) is 12.4 Å². The predicted octanol–water partition coefficient (Wildman–Crippen LogP) is 1.58. The molecule has 1 aromatic carbocycles. The number of fused-ring (bicyclic) bond motifs is 1. The summed E-state index contributed by atoms with van der Waals surface area (Å²) in [6.07, 6.45) is 1.81. The Hall–Kier alpha value is -0.630. The second-order valence-electron chi connectivity index (χ2n) is 4.72. The Morgan fingerprint density at radius 1 is 1.35 bits per heavy atom. The fourth-order valence-electron chi connectivity index (χ4n) is 2.14. The topological polar surface area (TPSA) is 75.6 Å². The van der Waals surface area contributed by atoms with E-state index in [4.69, 9.17) is 9.84 Å². The molecule has 2 rings (SSSR count). The molecule has 2 N–H and O–H groups in total. The lowest BCUT2D eigenvalue weighted by Gasteiger charge is -2.11. The van der Waals surface area contributed by atoms with Gasteiger partial charge in [-0.2, -0.15) is 0 Å². The molecular weight excluding hydrogens is 346 g/mol. The molecule has 112 valence electrons. The summed E-state index contributed by atoms with van der Waals surface area (Å²) in [6, 6.07) is 3.88. The number of benzene rings is 1. The first-order chi connectivity index (χ1) is 9.52. The highest BCUT2D eigenvalue weighted by Crippen LogP contribution is 2.32. The number of aliphatic hydroxyl groups is 1. The van der Waals surface area contributed by atoms with Crippen LogP contribution in [0.1, 0.15) is 24.0 Å². The second-order valence-corrected chi connectivity index (χ2v) is 7.56. The summed E-state index contributed by atoms with van der Waals surface area (Å²) in [5.74, 6) is 0.830. The number of rotatable bonds is 7. The fraction of sp³-hybridized carbons (Fsp3) is 0.538. The van der Waals surface area contributed by atoms with Crippen molar-refractivity contribution in [3.63, 3.8) is 0 Å². The number of sulfonamides is 1. The quantitative estimate of drug-likeness (QED) is 0.721. The van der Waals surface area contributed by atoms with E-state index in [9.17, 15) is 8.42 Å². The molecule has 7 heteroatoms. The van der Waals surface area contributed by atoms with E-state index in [1.54, 1.807) is 0 Å². The highest BCUT2D eigenvalue weighted by molar-refractivity contribution is 9.10. The molecule has 20 heavy (non-hydrogen) atoms. The van der Waals surface area contributed by atoms with Crippen LogP contribution >= 0.6 is 15.9 Å². The third kappa shape index (κ3) is 4.18. The summed E-state index contributed by atoms with van der Waals surface area (Å²) >= 11 is 3.43. The molecule has 0 fully saturated rings. The normalized spacial score (nSPS) is 14.1. The van der Waals surface area contributed by atoms with Crippen LogP contribution in [0.25, 0.3) is 0 Å². The zero-order valence-electron chi connectivity index (χ0n) is 11.1. The van der Waals surface area contributed by atoms with Gasteiger partial charge in [-0.15, -0.1) is 0 Å². The van der Waals surface area contributed by atoms with Gasteiger partial charge >= 0.3 is 0 Å². The Kier molecular flexibility index (Phi) is 5.42. The van der Waals surface area contributed by atoms with Crippen molar-refractivity contribution in [2.75, 3.05) is 19.0 Å². The standard InChI is InChI=1S/C13H18BrNO4S/c14-12-7-10-3-5-19-13(10)11(8-12)9-15-20(17,18)6-2-1-4-16/h7-8,15-16H,1-6,9H2. The van der Waals surface area contributed by atoms with Crippen LogP contribution in [-0.2, 0) is 23.0 Å². The van der Waals surface area contributed by atoms with Gasteiger partial charge in [-0.3, -0.25) is 0 Å². The number of halogens is 1. The van der Waals surface area contributed by atoms with Crippen LogP contribution in [0.3, 0.4) is 0 Å². The van der Waals surface area contributed by atoms with Crippen LogP contribution in [0.4, 0.5) is 0 Å². The fourth-order valence-corrected chi connectivity index (χ4v) is 3.80. The maximum atomic E-state index is 11.8. The number of aliphatic hydroxyl groups excluding tert-OH is 1. The van der Waals surface area contributed by atoms with Crippen LogP contribution < -0.4 is 9.46 Å². The molecule has 1 heterocycles. The van der Waals surface area contributed by atoms with E-state index in [2.05, 4.69) is 20.7 Å². The molecule has 0 unspecified atom stereocenters. The summed E-state index contributed by atoms with van der Waals surface area (Å²) in [7, 11) is -3.31. The van der Waals surface area contributed by atoms with Crippen LogP contribution in [-0.4, -0.2) is 32.5 Å². The van der Waals surface area contributed by atoms with Gasteiger partial charge in [0.15, 0.2) is 0 Å². The zero-order chi connectivity index (χ0) is 14.6. The minimum absolute atomic E-state index is 0.0164. The summed E-state index contributed by atoms with van der Waals surface area (Å²) in [6.45, 7) is 0.883. The summed E-state index contributed by atoms with van der Waals surface area (Å²) < 4.78 is 32.7. The van der Waals surface area contributed by atoms with E-state index in [0.717, 1.165) is 27.8 Å². The van der Waals surface area contributed by atoms with Gasteiger partial charge in [-0.1, -0.05) is 15.9 Å². The average Bonchev–Trinajstić information content (AvgIpc) is 2.84. The third-order valence-electron chi connectivity index (χ3n) is 3.13. The molecule has 0 spiro atoms. The van der Waals surface area contributed by atoms with E-state index in [1.165, 1.54) is 0 Å². The molecule has 0 aliphatic carbocycles. The first kappa shape index (κ1) is 15.8. The van der Waals surface area contributed by atoms with Crippen molar-refractivity contribution < 1.29 is 18.3 Å². The lowest BCUT2D eigenvalue weighted by Crippen LogP contribution is -2.26. The van der Waals surface area contributed by atoms with Crippen LogP contribution in [0.5, 0.6) is 5.75 Å². The Morgan fingerprint density at radius 3 is 2.90 bits per heavy atom. The lowest BCUT2D eigenvalue weighted by molar-refractivity contribution is 0.287. The van der Waals surface area contributed by atoms with Gasteiger partial charge in [0, 0.05) is 29.6 Å². The number of nitrogens with one attached hydrogen (secondary N) is 1. The summed E-state index contributed by atoms with van der Waals surface area (Å²) in [5.41, 5.74) is 1.95. The molecule has 0 atom stereocenters. The zero-order valence-corrected chi connectivity index (χ0v) is 13.5. The van der Waals surface area contributed by atoms with E-state index in [0.29, 0.717) is 19.4 Å². The maximum absolute atomic E-state index is 11.8. The largest absolute Gasteiger partial charge is 0.493 e. The number of hydrogen-bond donors (Lipinski definition) is 2. The van der Waals surface area contributed by atoms with Crippen molar-refractivity contribution in [2.45, 2.75) is 25.8 Å². The van der Waals surface area contributed by atoms with Crippen LogP contribution in [0, 0.1) is 0 Å². The predicted molar refractivity (Wildman–Crippen MR) is 80.3 cm³/mol. The third-order valence-corrected chi connectivity index (χ3v) is 5.00. The lowest BCUT2D eigenvalue weighted by atomic mass is 10.1. The summed E-state index contributed by atoms with van der Waals surface area (Å²) in [4.78, 5) is 0. The monoisotopic (exact) mass is 363 g/mol. The molecule has 1 aromatic rings. The Balaban J connectivity index is 2.01. The number of ether oxygens (including phenoxy) is 1. The second kappa shape index (κ2) is 6.89. The molecule has 0 saturated carbocycles. The van der Waals surface area contributed by atoms with Crippen molar-refractivity contribution in [2.24, 2.45) is 0 Å². The molecular formula is C13H18BrNO4S. The van der Waals surface area contributed by atoms with E-state index in [-0.39, 0.29) is 18.9 Å². The minimum Gasteiger partial charge on any atom is -0.493 e. The van der Waals surface area contributed by atoms with E-state index >= 15 is 0 Å². The smallest absolute Gasteiger partial charge is 0.211 e. The van der Waals surface area contributed by atoms with E-state index < -0.39 is 10.0 Å². The highest BCUT2D eigenvalue weighted by atomic mass is 79.9.